The maximum atomic E-state index is 11.0. The summed E-state index contributed by atoms with van der Waals surface area (Å²) in [6.07, 6.45) is 0. The monoisotopic (exact) mass is 251 g/mol. The molecule has 0 saturated carbocycles. The molecular weight excluding hydrogens is 238 g/mol. The number of benzene rings is 1. The summed E-state index contributed by atoms with van der Waals surface area (Å²) in [5, 5.41) is 5.00. The molecule has 0 spiro atoms. The number of halogens is 1. The summed E-state index contributed by atoms with van der Waals surface area (Å²) in [6.45, 7) is 4.00. The van der Waals surface area contributed by atoms with E-state index in [0.29, 0.717) is 5.75 Å². The first-order valence-corrected chi connectivity index (χ1v) is 6.24. The van der Waals surface area contributed by atoms with Crippen molar-refractivity contribution in [1.82, 2.24) is 0 Å². The number of hydrogen-bond acceptors (Lipinski definition) is 3. The minimum Gasteiger partial charge on any atom is -0.497 e. The first-order chi connectivity index (χ1) is 6.95. The fourth-order valence-electron chi connectivity index (χ4n) is 0.829. The van der Waals surface area contributed by atoms with Crippen molar-refractivity contribution >= 4 is 21.6 Å². The number of rotatable bonds is 2. The molecule has 0 amide bonds. The van der Waals surface area contributed by atoms with Gasteiger partial charge >= 0.3 is 0 Å². The van der Waals surface area contributed by atoms with E-state index in [4.69, 9.17) is 21.5 Å². The average Bonchev–Trinajstić information content (AvgIpc) is 2.20. The van der Waals surface area contributed by atoms with Crippen LogP contribution in [0.25, 0.3) is 0 Å². The van der Waals surface area contributed by atoms with Gasteiger partial charge in [-0.3, -0.25) is 0 Å². The summed E-state index contributed by atoms with van der Waals surface area (Å²) < 4.78 is 26.7. The molecule has 0 radical (unpaired) electrons. The van der Waals surface area contributed by atoms with Gasteiger partial charge in [-0.15, -0.1) is 0 Å². The van der Waals surface area contributed by atoms with Crippen LogP contribution in [0, 0.1) is 0 Å². The number of methoxy groups -OCH3 is 1. The Morgan fingerprint density at radius 3 is 2.27 bits per heavy atom. The van der Waals surface area contributed by atoms with Crippen LogP contribution in [0.4, 0.5) is 0 Å². The number of primary sulfonamides is 1. The molecule has 4 nitrogen and oxygen atoms in total. The van der Waals surface area contributed by atoms with Gasteiger partial charge in [-0.1, -0.05) is 25.4 Å². The molecule has 0 aliphatic carbocycles. The van der Waals surface area contributed by atoms with E-state index in [0.717, 1.165) is 0 Å². The van der Waals surface area contributed by atoms with Gasteiger partial charge in [0.1, 0.15) is 10.6 Å². The molecule has 0 fully saturated rings. The van der Waals surface area contributed by atoms with Gasteiger partial charge < -0.3 is 4.74 Å². The summed E-state index contributed by atoms with van der Waals surface area (Å²) in [4.78, 5) is -0.131. The van der Waals surface area contributed by atoms with E-state index < -0.39 is 10.0 Å². The van der Waals surface area contributed by atoms with Crippen LogP contribution in [-0.2, 0) is 10.0 Å². The summed E-state index contributed by atoms with van der Waals surface area (Å²) >= 11 is 5.62. The van der Waals surface area contributed by atoms with Gasteiger partial charge in [0.15, 0.2) is 0 Å². The molecular formula is C9H14ClNO3S. The number of ether oxygens (including phenoxy) is 1. The first-order valence-electron chi connectivity index (χ1n) is 4.31. The van der Waals surface area contributed by atoms with Crippen LogP contribution in [-0.4, -0.2) is 15.5 Å². The van der Waals surface area contributed by atoms with E-state index in [2.05, 4.69) is 0 Å². The molecule has 0 saturated heterocycles. The largest absolute Gasteiger partial charge is 0.497 e. The lowest BCUT2D eigenvalue weighted by molar-refractivity contribution is 0.413. The summed E-state index contributed by atoms with van der Waals surface area (Å²) in [5.41, 5.74) is 0. The van der Waals surface area contributed by atoms with Crippen molar-refractivity contribution in [1.29, 1.82) is 0 Å². The quantitative estimate of drug-likeness (QED) is 0.874. The van der Waals surface area contributed by atoms with E-state index in [1.807, 2.05) is 13.8 Å². The van der Waals surface area contributed by atoms with Crippen molar-refractivity contribution in [3.8, 4) is 5.75 Å². The zero-order valence-electron chi connectivity index (χ0n) is 8.82. The molecule has 1 aromatic rings. The van der Waals surface area contributed by atoms with Crippen molar-refractivity contribution in [2.45, 2.75) is 18.7 Å². The second-order valence-electron chi connectivity index (χ2n) is 2.34. The molecule has 15 heavy (non-hydrogen) atoms. The molecule has 0 aliphatic rings. The molecule has 0 atom stereocenters. The Labute approximate surface area is 95.0 Å². The van der Waals surface area contributed by atoms with E-state index in [9.17, 15) is 8.42 Å². The molecule has 6 heteroatoms. The van der Waals surface area contributed by atoms with E-state index in [1.165, 1.54) is 19.2 Å². The molecule has 86 valence electrons. The van der Waals surface area contributed by atoms with Crippen LogP contribution in [0.2, 0.25) is 5.02 Å². The smallest absolute Gasteiger partial charge is 0.239 e. The van der Waals surface area contributed by atoms with Gasteiger partial charge in [-0.25, -0.2) is 13.6 Å². The molecule has 1 rings (SSSR count). The van der Waals surface area contributed by atoms with Gasteiger partial charge in [0.25, 0.3) is 0 Å². The van der Waals surface area contributed by atoms with Crippen molar-refractivity contribution in [3.05, 3.63) is 23.2 Å². The Morgan fingerprint density at radius 1 is 1.33 bits per heavy atom. The fourth-order valence-corrected chi connectivity index (χ4v) is 1.89. The zero-order chi connectivity index (χ0) is 12.1. The Balaban J connectivity index is 0.000000921. The third kappa shape index (κ3) is 4.07. The summed E-state index contributed by atoms with van der Waals surface area (Å²) in [7, 11) is -2.35. The van der Waals surface area contributed by atoms with E-state index >= 15 is 0 Å². The molecule has 0 bridgehead atoms. The van der Waals surface area contributed by atoms with Crippen LogP contribution in [0.5, 0.6) is 5.75 Å². The topological polar surface area (TPSA) is 69.4 Å². The fraction of sp³-hybridized carbons (Fsp3) is 0.333. The Hall–Kier alpha value is -0.780. The van der Waals surface area contributed by atoms with Crippen LogP contribution < -0.4 is 9.88 Å². The van der Waals surface area contributed by atoms with E-state index in [-0.39, 0.29) is 9.92 Å². The average molecular weight is 252 g/mol. The Kier molecular flexibility index (Phi) is 5.64. The summed E-state index contributed by atoms with van der Waals surface area (Å²) in [6, 6.07) is 4.24. The Morgan fingerprint density at radius 2 is 1.87 bits per heavy atom. The lowest BCUT2D eigenvalue weighted by Gasteiger charge is -2.04. The number of sulfonamides is 1. The normalized spacial score (nSPS) is 10.2. The number of nitrogens with two attached hydrogens (primary N) is 1. The molecule has 0 unspecified atom stereocenters. The highest BCUT2D eigenvalue weighted by atomic mass is 35.5. The molecule has 0 aromatic heterocycles. The SMILES string of the molecule is CC.COc1ccc(Cl)c(S(N)(=O)=O)c1. The standard InChI is InChI=1S/C7H8ClNO3S.C2H6/c1-12-5-2-3-6(8)7(4-5)13(9,10)11;1-2/h2-4H,1H3,(H2,9,10,11);1-2H3. The van der Waals surface area contributed by atoms with Crippen molar-refractivity contribution < 1.29 is 13.2 Å². The second-order valence-corrected chi connectivity index (χ2v) is 4.28. The van der Waals surface area contributed by atoms with Crippen molar-refractivity contribution in [2.75, 3.05) is 7.11 Å². The van der Waals surface area contributed by atoms with Crippen LogP contribution >= 0.6 is 11.6 Å². The molecule has 1 aromatic carbocycles. The van der Waals surface area contributed by atoms with Crippen LogP contribution in [0.3, 0.4) is 0 Å². The molecule has 0 aliphatic heterocycles. The van der Waals surface area contributed by atoms with Crippen LogP contribution in [0.15, 0.2) is 23.1 Å². The predicted octanol–water partition coefficient (Wildman–Crippen LogP) is 2.02. The minimum absolute atomic E-state index is 0.0864. The number of hydrogen-bond donors (Lipinski definition) is 1. The van der Waals surface area contributed by atoms with Crippen LogP contribution in [0.1, 0.15) is 13.8 Å². The first kappa shape index (κ1) is 14.2. The summed E-state index contributed by atoms with van der Waals surface area (Å²) in [5.74, 6) is 0.397. The Bertz CT molecular complexity index is 417. The van der Waals surface area contributed by atoms with E-state index in [1.54, 1.807) is 6.07 Å². The zero-order valence-corrected chi connectivity index (χ0v) is 10.4. The highest BCUT2D eigenvalue weighted by Crippen LogP contribution is 2.24. The van der Waals surface area contributed by atoms with Gasteiger partial charge in [0.2, 0.25) is 10.0 Å². The maximum Gasteiger partial charge on any atom is 0.239 e. The molecule has 0 heterocycles. The van der Waals surface area contributed by atoms with Crippen molar-refractivity contribution in [2.24, 2.45) is 5.14 Å². The van der Waals surface area contributed by atoms with Gasteiger partial charge in [-0.05, 0) is 12.1 Å². The highest BCUT2D eigenvalue weighted by molar-refractivity contribution is 7.89. The lowest BCUT2D eigenvalue weighted by atomic mass is 10.3. The third-order valence-corrected chi connectivity index (χ3v) is 2.84. The predicted molar refractivity (Wildman–Crippen MR) is 60.7 cm³/mol. The van der Waals surface area contributed by atoms with Crippen molar-refractivity contribution in [3.63, 3.8) is 0 Å². The molecule has 2 N–H and O–H groups in total. The van der Waals surface area contributed by atoms with Gasteiger partial charge in [0, 0.05) is 6.07 Å². The maximum absolute atomic E-state index is 11.0. The van der Waals surface area contributed by atoms with Gasteiger partial charge in [0.05, 0.1) is 12.1 Å². The second kappa shape index (κ2) is 5.95. The highest BCUT2D eigenvalue weighted by Gasteiger charge is 2.13. The third-order valence-electron chi connectivity index (χ3n) is 1.44. The minimum atomic E-state index is -3.78. The lowest BCUT2D eigenvalue weighted by Crippen LogP contribution is -2.12. The van der Waals surface area contributed by atoms with Gasteiger partial charge in [-0.2, -0.15) is 0 Å².